The number of rotatable bonds is 6. The van der Waals surface area contributed by atoms with Gasteiger partial charge in [0.15, 0.2) is 5.69 Å². The number of aliphatic hydroxyl groups is 1. The van der Waals surface area contributed by atoms with E-state index in [2.05, 4.69) is 48.4 Å². The van der Waals surface area contributed by atoms with E-state index in [4.69, 9.17) is 4.74 Å². The number of aromatic nitrogens is 1. The van der Waals surface area contributed by atoms with E-state index in [0.29, 0.717) is 0 Å². The van der Waals surface area contributed by atoms with Gasteiger partial charge in [-0.2, -0.15) is 25.3 Å². The molecule has 1 aromatic heterocycles. The van der Waals surface area contributed by atoms with Crippen molar-refractivity contribution in [2.45, 2.75) is 31.0 Å². The topological polar surface area (TPSA) is 59.4 Å². The zero-order chi connectivity index (χ0) is 17.1. The maximum atomic E-state index is 12.3. The minimum Gasteiger partial charge on any atom is -0.454 e. The molecular formula is C17H19NO3S3. The number of thiol groups is 2. The number of carbonyl (C=O) groups excluding carboxylic acids is 1. The molecule has 4 nitrogen and oxygen atoms in total. The Labute approximate surface area is 156 Å². The number of nitrogens with zero attached hydrogens (tertiary/aromatic N) is 1. The molecule has 0 bridgehead atoms. The number of aryl methyl sites for hydroxylation is 1. The number of thiazole rings is 1. The average molecular weight is 382 g/mol. The Morgan fingerprint density at radius 2 is 2.17 bits per heavy atom. The molecule has 7 heteroatoms. The summed E-state index contributed by atoms with van der Waals surface area (Å²) in [6.07, 6.45) is 0.528. The van der Waals surface area contributed by atoms with Crippen LogP contribution in [-0.4, -0.2) is 39.8 Å². The molecule has 1 aromatic carbocycles. The van der Waals surface area contributed by atoms with E-state index in [1.165, 1.54) is 22.5 Å². The van der Waals surface area contributed by atoms with E-state index in [1.807, 2.05) is 6.07 Å². The number of aliphatic hydroxyl groups excluding tert-OH is 1. The lowest BCUT2D eigenvalue weighted by molar-refractivity contribution is -0.00170. The summed E-state index contributed by atoms with van der Waals surface area (Å²) in [5.41, 5.74) is 2.94. The first-order valence-electron chi connectivity index (χ1n) is 7.78. The molecule has 3 unspecified atom stereocenters. The number of hydrogen-bond donors (Lipinski definition) is 3. The Balaban J connectivity index is 1.73. The van der Waals surface area contributed by atoms with Crippen molar-refractivity contribution >= 4 is 42.6 Å². The van der Waals surface area contributed by atoms with Gasteiger partial charge >= 0.3 is 5.97 Å². The van der Waals surface area contributed by atoms with Crippen LogP contribution < -0.4 is 0 Å². The Morgan fingerprint density at radius 3 is 2.92 bits per heavy atom. The zero-order valence-electron chi connectivity index (χ0n) is 13.0. The van der Waals surface area contributed by atoms with Crippen LogP contribution >= 0.6 is 36.6 Å². The smallest absolute Gasteiger partial charge is 0.358 e. The van der Waals surface area contributed by atoms with Crippen LogP contribution in [-0.2, 0) is 11.2 Å². The van der Waals surface area contributed by atoms with Crippen LogP contribution in [0.25, 0.3) is 0 Å². The number of benzene rings is 1. The monoisotopic (exact) mass is 381 g/mol. The normalized spacial score (nSPS) is 18.9. The van der Waals surface area contributed by atoms with E-state index >= 15 is 0 Å². The van der Waals surface area contributed by atoms with Crippen molar-refractivity contribution < 1.29 is 14.6 Å². The van der Waals surface area contributed by atoms with Crippen LogP contribution in [0.4, 0.5) is 0 Å². The summed E-state index contributed by atoms with van der Waals surface area (Å²) in [6, 6.07) is 8.37. The van der Waals surface area contributed by atoms with E-state index < -0.39 is 18.2 Å². The first kappa shape index (κ1) is 17.8. The fraction of sp³-hybridized carbons (Fsp3) is 0.412. The van der Waals surface area contributed by atoms with Crippen molar-refractivity contribution in [3.05, 3.63) is 51.5 Å². The predicted molar refractivity (Wildman–Crippen MR) is 102 cm³/mol. The fourth-order valence-corrected chi connectivity index (χ4v) is 4.40. The van der Waals surface area contributed by atoms with Gasteiger partial charge < -0.3 is 9.84 Å². The van der Waals surface area contributed by atoms with Crippen molar-refractivity contribution in [3.8, 4) is 0 Å². The maximum Gasteiger partial charge on any atom is 0.358 e. The number of fused-ring (bicyclic) bond motifs is 1. The van der Waals surface area contributed by atoms with Crippen LogP contribution in [0.5, 0.6) is 0 Å². The Morgan fingerprint density at radius 1 is 1.38 bits per heavy atom. The SMILES string of the molecule is O=C(OC(CS)C(O)CS)c1csc(C2CCc3ccccc32)n1. The highest BCUT2D eigenvalue weighted by atomic mass is 32.1. The van der Waals surface area contributed by atoms with Gasteiger partial charge in [0.2, 0.25) is 0 Å². The second-order valence-corrected chi connectivity index (χ2v) is 7.36. The van der Waals surface area contributed by atoms with Gasteiger partial charge in [-0.25, -0.2) is 9.78 Å². The van der Waals surface area contributed by atoms with E-state index in [-0.39, 0.29) is 23.1 Å². The minimum absolute atomic E-state index is 0.208. The zero-order valence-corrected chi connectivity index (χ0v) is 15.6. The summed E-state index contributed by atoms with van der Waals surface area (Å²) in [4.78, 5) is 16.7. The van der Waals surface area contributed by atoms with Gasteiger partial charge in [0, 0.05) is 22.8 Å². The van der Waals surface area contributed by atoms with Crippen molar-refractivity contribution in [1.29, 1.82) is 0 Å². The van der Waals surface area contributed by atoms with Crippen LogP contribution in [0, 0.1) is 0 Å². The van der Waals surface area contributed by atoms with Gasteiger partial charge in [-0.1, -0.05) is 24.3 Å². The van der Waals surface area contributed by atoms with Crippen molar-refractivity contribution in [3.63, 3.8) is 0 Å². The van der Waals surface area contributed by atoms with Gasteiger partial charge in [0.1, 0.15) is 17.2 Å². The predicted octanol–water partition coefficient (Wildman–Crippen LogP) is 2.97. The molecule has 1 aliphatic carbocycles. The third-order valence-electron chi connectivity index (χ3n) is 4.22. The molecule has 0 radical (unpaired) electrons. The number of hydrogen-bond acceptors (Lipinski definition) is 7. The van der Waals surface area contributed by atoms with Crippen LogP contribution in [0.1, 0.15) is 39.0 Å². The van der Waals surface area contributed by atoms with Gasteiger partial charge in [-0.3, -0.25) is 0 Å². The third-order valence-corrected chi connectivity index (χ3v) is 5.91. The molecule has 1 N–H and O–H groups in total. The summed E-state index contributed by atoms with van der Waals surface area (Å²) in [6.45, 7) is 0. The molecule has 2 aromatic rings. The molecule has 1 aliphatic rings. The first-order chi connectivity index (χ1) is 11.6. The lowest BCUT2D eigenvalue weighted by Gasteiger charge is -2.19. The molecule has 0 amide bonds. The summed E-state index contributed by atoms with van der Waals surface area (Å²) < 4.78 is 5.31. The number of esters is 1. The molecule has 0 fully saturated rings. The second-order valence-electron chi connectivity index (χ2n) is 5.74. The molecule has 3 atom stereocenters. The highest BCUT2D eigenvalue weighted by Gasteiger charge is 2.28. The summed E-state index contributed by atoms with van der Waals surface area (Å²) in [5.74, 6) is 0.167. The third kappa shape index (κ3) is 3.64. The molecular weight excluding hydrogens is 362 g/mol. The van der Waals surface area contributed by atoms with Gasteiger partial charge in [0.25, 0.3) is 0 Å². The summed E-state index contributed by atoms with van der Waals surface area (Å²) in [5, 5.41) is 12.4. The molecule has 24 heavy (non-hydrogen) atoms. The molecule has 0 saturated heterocycles. The molecule has 0 spiro atoms. The highest BCUT2D eigenvalue weighted by Crippen LogP contribution is 2.39. The molecule has 128 valence electrons. The molecule has 0 aliphatic heterocycles. The summed E-state index contributed by atoms with van der Waals surface area (Å²) in [7, 11) is 0. The quantitative estimate of drug-likeness (QED) is 0.532. The first-order valence-corrected chi connectivity index (χ1v) is 9.92. The van der Waals surface area contributed by atoms with Crippen LogP contribution in [0.2, 0.25) is 0 Å². The molecule has 0 saturated carbocycles. The van der Waals surface area contributed by atoms with Crippen LogP contribution in [0.15, 0.2) is 29.6 Å². The maximum absolute atomic E-state index is 12.3. The number of ether oxygens (including phenoxy) is 1. The minimum atomic E-state index is -0.838. The standard InChI is InChI=1S/C17H19NO3S3/c19-14(7-22)15(8-23)21-17(20)13-9-24-16(18-13)12-6-5-10-3-1-2-4-11(10)12/h1-4,9,12,14-15,19,22-23H,5-8H2. The Hall–Kier alpha value is -1.02. The van der Waals surface area contributed by atoms with Crippen LogP contribution in [0.3, 0.4) is 0 Å². The van der Waals surface area contributed by atoms with Crippen molar-refractivity contribution in [1.82, 2.24) is 4.98 Å². The van der Waals surface area contributed by atoms with E-state index in [0.717, 1.165) is 17.8 Å². The van der Waals surface area contributed by atoms with E-state index in [9.17, 15) is 9.90 Å². The van der Waals surface area contributed by atoms with Gasteiger partial charge in [-0.15, -0.1) is 11.3 Å². The average Bonchev–Trinajstić information content (AvgIpc) is 3.25. The lowest BCUT2D eigenvalue weighted by atomic mass is 10.0. The fourth-order valence-electron chi connectivity index (χ4n) is 2.91. The van der Waals surface area contributed by atoms with Crippen molar-refractivity contribution in [2.24, 2.45) is 0 Å². The van der Waals surface area contributed by atoms with Crippen molar-refractivity contribution in [2.75, 3.05) is 11.5 Å². The van der Waals surface area contributed by atoms with Gasteiger partial charge in [0.05, 0.1) is 0 Å². The largest absolute Gasteiger partial charge is 0.454 e. The second kappa shape index (κ2) is 7.91. The van der Waals surface area contributed by atoms with Gasteiger partial charge in [-0.05, 0) is 24.0 Å². The van der Waals surface area contributed by atoms with E-state index in [1.54, 1.807) is 5.38 Å². The molecule has 1 heterocycles. The Kier molecular flexibility index (Phi) is 5.86. The molecule has 3 rings (SSSR count). The lowest BCUT2D eigenvalue weighted by Crippen LogP contribution is -2.34. The summed E-state index contributed by atoms with van der Waals surface area (Å²) >= 11 is 9.61. The number of carbonyl (C=O) groups is 1. The Bertz CT molecular complexity index is 719. The highest BCUT2D eigenvalue weighted by molar-refractivity contribution is 7.80.